The van der Waals surface area contributed by atoms with Crippen LogP contribution >= 0.6 is 0 Å². The fraction of sp³-hybridized carbons (Fsp3) is 0.643. The molecular weight excluding hydrogens is 256 g/mol. The predicted octanol–water partition coefficient (Wildman–Crippen LogP) is 0.812. The molecule has 1 atom stereocenters. The van der Waals surface area contributed by atoms with E-state index >= 15 is 0 Å². The highest BCUT2D eigenvalue weighted by Gasteiger charge is 2.32. The van der Waals surface area contributed by atoms with Crippen molar-refractivity contribution in [2.24, 2.45) is 0 Å². The van der Waals surface area contributed by atoms with Crippen LogP contribution in [0.15, 0.2) is 12.4 Å². The van der Waals surface area contributed by atoms with Crippen molar-refractivity contribution in [3.8, 4) is 0 Å². The fourth-order valence-corrected chi connectivity index (χ4v) is 2.59. The second kappa shape index (κ2) is 6.54. The third-order valence-electron chi connectivity index (χ3n) is 3.86. The summed E-state index contributed by atoms with van der Waals surface area (Å²) in [4.78, 5) is 27.8. The van der Waals surface area contributed by atoms with E-state index in [2.05, 4.69) is 10.2 Å². The molecule has 0 aromatic carbocycles. The summed E-state index contributed by atoms with van der Waals surface area (Å²) in [5.74, 6) is 0.132. The van der Waals surface area contributed by atoms with Gasteiger partial charge in [-0.1, -0.05) is 0 Å². The Hall–Kier alpha value is -1.85. The summed E-state index contributed by atoms with van der Waals surface area (Å²) in [5.41, 5.74) is 1.11. The standard InChI is InChI=1S/C14H22N4O2/c1-3-17-7-8-18(11(2)14(17)20)13(19)6-4-5-12-9-15-16-10-12/h9-11H,3-8H2,1-2H3,(H,15,16)/t11-/m0/s1. The monoisotopic (exact) mass is 278 g/mol. The maximum absolute atomic E-state index is 12.2. The molecule has 20 heavy (non-hydrogen) atoms. The molecule has 2 rings (SSSR count). The first-order valence-corrected chi connectivity index (χ1v) is 7.19. The van der Waals surface area contributed by atoms with Crippen LogP contribution in [-0.4, -0.2) is 57.5 Å². The summed E-state index contributed by atoms with van der Waals surface area (Å²) in [6.45, 7) is 5.79. The summed E-state index contributed by atoms with van der Waals surface area (Å²) < 4.78 is 0. The first kappa shape index (κ1) is 14.6. The lowest BCUT2D eigenvalue weighted by Gasteiger charge is -2.38. The second-order valence-electron chi connectivity index (χ2n) is 5.14. The lowest BCUT2D eigenvalue weighted by atomic mass is 10.1. The second-order valence-corrected chi connectivity index (χ2v) is 5.14. The van der Waals surface area contributed by atoms with Crippen LogP contribution in [0.3, 0.4) is 0 Å². The number of amides is 2. The number of carbonyl (C=O) groups is 2. The average Bonchev–Trinajstić information content (AvgIpc) is 2.95. The van der Waals surface area contributed by atoms with Gasteiger partial charge in [-0.3, -0.25) is 14.7 Å². The molecule has 1 aromatic rings. The van der Waals surface area contributed by atoms with Crippen molar-refractivity contribution < 1.29 is 9.59 Å². The lowest BCUT2D eigenvalue weighted by Crippen LogP contribution is -2.57. The number of nitrogens with zero attached hydrogens (tertiary/aromatic N) is 3. The topological polar surface area (TPSA) is 69.3 Å². The number of likely N-dealkylation sites (N-methyl/N-ethyl adjacent to an activating group) is 1. The van der Waals surface area contributed by atoms with Crippen molar-refractivity contribution in [1.82, 2.24) is 20.0 Å². The van der Waals surface area contributed by atoms with Crippen molar-refractivity contribution in [1.29, 1.82) is 0 Å². The quantitative estimate of drug-likeness (QED) is 0.866. The van der Waals surface area contributed by atoms with Crippen LogP contribution in [0.1, 0.15) is 32.3 Å². The smallest absolute Gasteiger partial charge is 0.245 e. The van der Waals surface area contributed by atoms with E-state index in [-0.39, 0.29) is 17.9 Å². The average molecular weight is 278 g/mol. The van der Waals surface area contributed by atoms with Crippen LogP contribution < -0.4 is 0 Å². The molecule has 1 N–H and O–H groups in total. The fourth-order valence-electron chi connectivity index (χ4n) is 2.59. The number of aromatic nitrogens is 2. The van der Waals surface area contributed by atoms with E-state index in [1.54, 1.807) is 16.0 Å². The molecule has 1 fully saturated rings. The molecule has 6 nitrogen and oxygen atoms in total. The molecule has 1 saturated heterocycles. The van der Waals surface area contributed by atoms with Crippen LogP contribution in [0, 0.1) is 0 Å². The largest absolute Gasteiger partial charge is 0.339 e. The molecule has 1 aliphatic rings. The number of aromatic amines is 1. The molecule has 0 unspecified atom stereocenters. The van der Waals surface area contributed by atoms with E-state index in [4.69, 9.17) is 0 Å². The third-order valence-corrected chi connectivity index (χ3v) is 3.86. The summed E-state index contributed by atoms with van der Waals surface area (Å²) in [5, 5.41) is 6.64. The molecule has 2 heterocycles. The first-order chi connectivity index (χ1) is 9.63. The Labute approximate surface area is 119 Å². The van der Waals surface area contributed by atoms with Crippen LogP contribution in [-0.2, 0) is 16.0 Å². The van der Waals surface area contributed by atoms with E-state index in [0.717, 1.165) is 18.4 Å². The minimum absolute atomic E-state index is 0.0573. The Morgan fingerprint density at radius 3 is 2.95 bits per heavy atom. The molecule has 6 heteroatoms. The van der Waals surface area contributed by atoms with Gasteiger partial charge in [-0.15, -0.1) is 0 Å². The molecule has 0 radical (unpaired) electrons. The minimum atomic E-state index is -0.329. The Balaban J connectivity index is 1.82. The highest BCUT2D eigenvalue weighted by atomic mass is 16.2. The molecule has 1 aliphatic heterocycles. The third kappa shape index (κ3) is 3.18. The number of H-pyrrole nitrogens is 1. The molecule has 0 aliphatic carbocycles. The van der Waals surface area contributed by atoms with Gasteiger partial charge in [0.1, 0.15) is 6.04 Å². The van der Waals surface area contributed by atoms with Crippen molar-refractivity contribution in [2.75, 3.05) is 19.6 Å². The maximum atomic E-state index is 12.2. The zero-order valence-electron chi connectivity index (χ0n) is 12.1. The van der Waals surface area contributed by atoms with Gasteiger partial charge in [0, 0.05) is 32.3 Å². The molecule has 2 amide bonds. The van der Waals surface area contributed by atoms with Crippen molar-refractivity contribution in [3.05, 3.63) is 18.0 Å². The van der Waals surface area contributed by atoms with Crippen LogP contribution in [0.2, 0.25) is 0 Å². The molecule has 0 saturated carbocycles. The molecule has 0 spiro atoms. The van der Waals surface area contributed by atoms with E-state index in [0.29, 0.717) is 26.1 Å². The van der Waals surface area contributed by atoms with Crippen molar-refractivity contribution in [3.63, 3.8) is 0 Å². The van der Waals surface area contributed by atoms with E-state index in [9.17, 15) is 9.59 Å². The van der Waals surface area contributed by atoms with Gasteiger partial charge in [-0.2, -0.15) is 5.10 Å². The van der Waals surface area contributed by atoms with E-state index in [1.807, 2.05) is 20.0 Å². The highest BCUT2D eigenvalue weighted by Crippen LogP contribution is 2.14. The van der Waals surface area contributed by atoms with Crippen molar-refractivity contribution in [2.45, 2.75) is 39.2 Å². The molecular formula is C14H22N4O2. The van der Waals surface area contributed by atoms with Crippen LogP contribution in [0.5, 0.6) is 0 Å². The SMILES string of the molecule is CCN1CCN(C(=O)CCCc2cn[nH]c2)[C@@H](C)C1=O. The normalized spacial score (nSPS) is 19.5. The van der Waals surface area contributed by atoms with Crippen LogP contribution in [0.25, 0.3) is 0 Å². The Morgan fingerprint density at radius 2 is 2.30 bits per heavy atom. The van der Waals surface area contributed by atoms with E-state index in [1.165, 1.54) is 0 Å². The summed E-state index contributed by atoms with van der Waals surface area (Å²) in [6, 6.07) is -0.329. The number of carbonyl (C=O) groups excluding carboxylic acids is 2. The molecule has 110 valence electrons. The lowest BCUT2D eigenvalue weighted by molar-refractivity contribution is -0.150. The van der Waals surface area contributed by atoms with E-state index < -0.39 is 0 Å². The number of rotatable bonds is 5. The van der Waals surface area contributed by atoms with Gasteiger partial charge in [-0.05, 0) is 32.3 Å². The number of hydrogen-bond donors (Lipinski definition) is 1. The number of piperazine rings is 1. The Kier molecular flexibility index (Phi) is 4.76. The number of aryl methyl sites for hydroxylation is 1. The van der Waals surface area contributed by atoms with Gasteiger partial charge in [0.25, 0.3) is 0 Å². The first-order valence-electron chi connectivity index (χ1n) is 7.19. The minimum Gasteiger partial charge on any atom is -0.339 e. The van der Waals surface area contributed by atoms with Gasteiger partial charge >= 0.3 is 0 Å². The predicted molar refractivity (Wildman–Crippen MR) is 75.0 cm³/mol. The highest BCUT2D eigenvalue weighted by molar-refractivity contribution is 5.88. The molecule has 0 bridgehead atoms. The van der Waals surface area contributed by atoms with Gasteiger partial charge in [0.05, 0.1) is 6.20 Å². The molecule has 1 aromatic heterocycles. The summed E-state index contributed by atoms with van der Waals surface area (Å²) >= 11 is 0. The van der Waals surface area contributed by atoms with Gasteiger partial charge < -0.3 is 9.80 Å². The van der Waals surface area contributed by atoms with Gasteiger partial charge in [0.15, 0.2) is 0 Å². The van der Waals surface area contributed by atoms with Gasteiger partial charge in [0.2, 0.25) is 11.8 Å². The van der Waals surface area contributed by atoms with Crippen LogP contribution in [0.4, 0.5) is 0 Å². The Bertz CT molecular complexity index is 458. The Morgan fingerprint density at radius 1 is 1.50 bits per heavy atom. The zero-order chi connectivity index (χ0) is 14.5. The summed E-state index contributed by atoms with van der Waals surface area (Å²) in [7, 11) is 0. The number of hydrogen-bond acceptors (Lipinski definition) is 3. The zero-order valence-corrected chi connectivity index (χ0v) is 12.1. The van der Waals surface area contributed by atoms with Gasteiger partial charge in [-0.25, -0.2) is 0 Å². The van der Waals surface area contributed by atoms with Crippen molar-refractivity contribution >= 4 is 11.8 Å². The number of nitrogens with one attached hydrogen (secondary N) is 1. The maximum Gasteiger partial charge on any atom is 0.245 e. The summed E-state index contributed by atoms with van der Waals surface area (Å²) in [6.07, 6.45) is 5.72.